The second kappa shape index (κ2) is 12.3. The van der Waals surface area contributed by atoms with Crippen LogP contribution in [0.4, 0.5) is 5.00 Å². The number of fused-ring (bicyclic) bond motifs is 1. The molecule has 2 amide bonds. The number of rotatable bonds is 7. The predicted octanol–water partition coefficient (Wildman–Crippen LogP) is 3.36. The number of anilines is 1. The molecule has 2 N–H and O–H groups in total. The molecule has 0 saturated heterocycles. The van der Waals surface area contributed by atoms with Crippen LogP contribution in [0.15, 0.2) is 29.2 Å². The van der Waals surface area contributed by atoms with Crippen LogP contribution in [0, 0.1) is 0 Å². The fourth-order valence-corrected chi connectivity index (χ4v) is 5.86. The maximum Gasteiger partial charge on any atom is 0.397 e. The van der Waals surface area contributed by atoms with Crippen LogP contribution >= 0.6 is 11.3 Å². The largest absolute Gasteiger partial charge is 0.456 e. The number of hydrogen-bond donors (Lipinski definition) is 2. The van der Waals surface area contributed by atoms with Crippen molar-refractivity contribution in [1.82, 2.24) is 5.32 Å². The summed E-state index contributed by atoms with van der Waals surface area (Å²) in [7, 11) is -3.34. The monoisotopic (exact) mass is 608 g/mol. The van der Waals surface area contributed by atoms with E-state index in [2.05, 4.69) is 10.6 Å². The summed E-state index contributed by atoms with van der Waals surface area (Å²) in [6, 6.07) is 6.06. The van der Waals surface area contributed by atoms with Crippen molar-refractivity contribution in [3.63, 3.8) is 0 Å². The van der Waals surface area contributed by atoms with Gasteiger partial charge < -0.3 is 24.8 Å². The Morgan fingerprint density at radius 2 is 1.61 bits per heavy atom. The third-order valence-corrected chi connectivity index (χ3v) is 7.98. The van der Waals surface area contributed by atoms with Gasteiger partial charge >= 0.3 is 17.8 Å². The van der Waals surface area contributed by atoms with Gasteiger partial charge in [0.2, 0.25) is 5.91 Å². The average molecular weight is 609 g/mol. The maximum atomic E-state index is 13.2. The van der Waals surface area contributed by atoms with Crippen molar-refractivity contribution in [2.45, 2.75) is 76.6 Å². The SMILES string of the molecule is CC(C)(C)OC(=O)C(=O)Nc1sc2c(c1C(=O)OC(C)(C)C)CCOC2CNC(=O)Cc1ccc(S(C)(=O)=O)cc1. The van der Waals surface area contributed by atoms with E-state index in [0.29, 0.717) is 22.4 Å². The molecule has 2 heterocycles. The fraction of sp³-hybridized carbons (Fsp3) is 0.500. The van der Waals surface area contributed by atoms with Gasteiger partial charge in [-0.25, -0.2) is 18.0 Å². The molecule has 0 aliphatic carbocycles. The van der Waals surface area contributed by atoms with Crippen molar-refractivity contribution in [2.75, 3.05) is 24.7 Å². The van der Waals surface area contributed by atoms with Crippen LogP contribution in [0.5, 0.6) is 0 Å². The molecule has 0 spiro atoms. The Labute approximate surface area is 243 Å². The van der Waals surface area contributed by atoms with E-state index in [0.717, 1.165) is 17.6 Å². The van der Waals surface area contributed by atoms with E-state index in [1.807, 2.05) is 0 Å². The first kappa shape index (κ1) is 32.2. The van der Waals surface area contributed by atoms with E-state index in [9.17, 15) is 27.6 Å². The Kier molecular flexibility index (Phi) is 9.66. The summed E-state index contributed by atoms with van der Waals surface area (Å²) in [6.07, 6.45) is 0.878. The van der Waals surface area contributed by atoms with Crippen LogP contribution in [0.3, 0.4) is 0 Å². The number of ether oxygens (including phenoxy) is 3. The molecular weight excluding hydrogens is 572 g/mol. The summed E-state index contributed by atoms with van der Waals surface area (Å²) in [4.78, 5) is 51.7. The lowest BCUT2D eigenvalue weighted by Crippen LogP contribution is -2.33. The van der Waals surface area contributed by atoms with E-state index in [1.165, 1.54) is 12.1 Å². The van der Waals surface area contributed by atoms with Gasteiger partial charge in [-0.2, -0.15) is 0 Å². The molecule has 1 aromatic heterocycles. The molecule has 11 nitrogen and oxygen atoms in total. The van der Waals surface area contributed by atoms with Gasteiger partial charge in [0.1, 0.15) is 22.3 Å². The van der Waals surface area contributed by atoms with Gasteiger partial charge in [0.25, 0.3) is 0 Å². The van der Waals surface area contributed by atoms with Crippen molar-refractivity contribution >= 4 is 49.9 Å². The molecule has 1 aliphatic rings. The zero-order valence-corrected chi connectivity index (χ0v) is 25.8. The quantitative estimate of drug-likeness (QED) is 0.356. The van der Waals surface area contributed by atoms with E-state index in [1.54, 1.807) is 53.7 Å². The van der Waals surface area contributed by atoms with E-state index < -0.39 is 45.0 Å². The average Bonchev–Trinajstić information content (AvgIpc) is 3.19. The summed E-state index contributed by atoms with van der Waals surface area (Å²) in [5, 5.41) is 5.46. The maximum absolute atomic E-state index is 13.2. The molecule has 1 aromatic carbocycles. The standard InChI is InChI=1S/C28H36N2O9S2/c1-27(2,3)38-25(33)21-18-12-13-37-19(22(18)40-24(21)30-23(32)26(34)39-28(4,5)6)15-29-20(31)14-16-8-10-17(11-9-16)41(7,35)36/h8-11,19H,12-15H2,1-7H3,(H,29,31)(H,30,32). The summed E-state index contributed by atoms with van der Waals surface area (Å²) in [5.74, 6) is -3.09. The minimum Gasteiger partial charge on any atom is -0.456 e. The van der Waals surface area contributed by atoms with Gasteiger partial charge in [0, 0.05) is 17.7 Å². The molecule has 13 heteroatoms. The Hall–Kier alpha value is -3.29. The number of carbonyl (C=O) groups excluding carboxylic acids is 4. The molecular formula is C28H36N2O9S2. The normalized spacial score (nSPS) is 15.4. The number of carbonyl (C=O) groups is 4. The van der Waals surface area contributed by atoms with Crippen LogP contribution in [0.2, 0.25) is 0 Å². The van der Waals surface area contributed by atoms with Crippen molar-refractivity contribution < 1.29 is 41.8 Å². The number of esters is 2. The second-order valence-electron chi connectivity index (χ2n) is 11.6. The highest BCUT2D eigenvalue weighted by atomic mass is 32.2. The van der Waals surface area contributed by atoms with E-state index in [4.69, 9.17) is 14.2 Å². The lowest BCUT2D eigenvalue weighted by atomic mass is 10.0. The van der Waals surface area contributed by atoms with E-state index >= 15 is 0 Å². The smallest absolute Gasteiger partial charge is 0.397 e. The number of sulfone groups is 1. The molecule has 0 radical (unpaired) electrons. The number of amides is 2. The minimum atomic E-state index is -3.34. The molecule has 224 valence electrons. The fourth-order valence-electron chi connectivity index (χ4n) is 3.94. The first-order valence-corrected chi connectivity index (χ1v) is 15.7. The molecule has 3 rings (SSSR count). The van der Waals surface area contributed by atoms with Crippen molar-refractivity contribution in [3.8, 4) is 0 Å². The topological polar surface area (TPSA) is 154 Å². The van der Waals surface area contributed by atoms with Gasteiger partial charge in [-0.15, -0.1) is 11.3 Å². The summed E-state index contributed by atoms with van der Waals surface area (Å²) < 4.78 is 40.0. The highest BCUT2D eigenvalue weighted by Gasteiger charge is 2.35. The van der Waals surface area contributed by atoms with E-state index in [-0.39, 0.29) is 40.9 Å². The number of hydrogen-bond acceptors (Lipinski definition) is 10. The second-order valence-corrected chi connectivity index (χ2v) is 14.7. The molecule has 0 fully saturated rings. The Morgan fingerprint density at radius 3 is 2.17 bits per heavy atom. The first-order valence-electron chi connectivity index (χ1n) is 12.9. The van der Waals surface area contributed by atoms with Crippen LogP contribution in [-0.4, -0.2) is 62.8 Å². The molecule has 41 heavy (non-hydrogen) atoms. The highest BCUT2D eigenvalue weighted by molar-refractivity contribution is 7.90. The lowest BCUT2D eigenvalue weighted by Gasteiger charge is -2.25. The van der Waals surface area contributed by atoms with Gasteiger partial charge in [0.05, 0.1) is 23.5 Å². The van der Waals surface area contributed by atoms with Crippen molar-refractivity contribution in [3.05, 3.63) is 45.8 Å². The highest BCUT2D eigenvalue weighted by Crippen LogP contribution is 2.42. The van der Waals surface area contributed by atoms with Gasteiger partial charge in [-0.3, -0.25) is 9.59 Å². The van der Waals surface area contributed by atoms with Gasteiger partial charge in [0.15, 0.2) is 9.84 Å². The zero-order chi connectivity index (χ0) is 30.8. The van der Waals surface area contributed by atoms with Crippen LogP contribution in [-0.2, 0) is 51.3 Å². The minimum absolute atomic E-state index is 0.0222. The van der Waals surface area contributed by atoms with Crippen molar-refractivity contribution in [2.24, 2.45) is 0 Å². The summed E-state index contributed by atoms with van der Waals surface area (Å²) in [5.41, 5.74) is -0.302. The van der Waals surface area contributed by atoms with Crippen LogP contribution in [0.1, 0.15) is 74.0 Å². The zero-order valence-electron chi connectivity index (χ0n) is 24.2. The molecule has 1 aliphatic heterocycles. The number of thiophene rings is 1. The Bertz CT molecular complexity index is 1430. The number of benzene rings is 1. The lowest BCUT2D eigenvalue weighted by molar-refractivity contribution is -0.161. The third-order valence-electron chi connectivity index (χ3n) is 5.62. The summed E-state index contributed by atoms with van der Waals surface area (Å²) >= 11 is 1.07. The van der Waals surface area contributed by atoms with Gasteiger partial charge in [-0.05, 0) is 71.2 Å². The molecule has 0 bridgehead atoms. The van der Waals surface area contributed by atoms with Gasteiger partial charge in [-0.1, -0.05) is 12.1 Å². The first-order chi connectivity index (χ1) is 18.8. The molecule has 2 aromatic rings. The van der Waals surface area contributed by atoms with Crippen LogP contribution < -0.4 is 10.6 Å². The predicted molar refractivity (Wildman–Crippen MR) is 153 cm³/mol. The van der Waals surface area contributed by atoms with Crippen molar-refractivity contribution in [1.29, 1.82) is 0 Å². The number of nitrogens with one attached hydrogen (secondary N) is 2. The third kappa shape index (κ3) is 9.10. The molecule has 1 atom stereocenters. The molecule has 1 unspecified atom stereocenters. The molecule has 0 saturated carbocycles. The summed E-state index contributed by atoms with van der Waals surface area (Å²) in [6.45, 7) is 10.4. The Balaban J connectivity index is 1.80. The Morgan fingerprint density at radius 1 is 1.00 bits per heavy atom. The van der Waals surface area contributed by atoms with Crippen LogP contribution in [0.25, 0.3) is 0 Å².